The molecule has 0 spiro atoms. The first-order valence-corrected chi connectivity index (χ1v) is 9.30. The van der Waals surface area contributed by atoms with Crippen molar-refractivity contribution in [2.24, 2.45) is 0 Å². The maximum Gasteiger partial charge on any atom is 0.243 e. The van der Waals surface area contributed by atoms with Crippen LogP contribution < -0.4 is 10.6 Å². The summed E-state index contributed by atoms with van der Waals surface area (Å²) in [5.41, 5.74) is 0.605. The fourth-order valence-corrected chi connectivity index (χ4v) is 2.60. The van der Waals surface area contributed by atoms with E-state index in [0.717, 1.165) is 17.0 Å². The van der Waals surface area contributed by atoms with Crippen LogP contribution in [0.2, 0.25) is 0 Å². The van der Waals surface area contributed by atoms with Crippen molar-refractivity contribution in [2.45, 2.75) is 17.7 Å². The molecule has 2 amide bonds. The summed E-state index contributed by atoms with van der Waals surface area (Å²) >= 11 is 1.57. The molecule has 0 aromatic heterocycles. The lowest BCUT2D eigenvalue weighted by Gasteiger charge is -2.07. The van der Waals surface area contributed by atoms with Gasteiger partial charge in [0.25, 0.3) is 0 Å². The molecule has 27 heavy (non-hydrogen) atoms. The van der Waals surface area contributed by atoms with Gasteiger partial charge in [-0.25, -0.2) is 8.78 Å². The Kier molecular flexibility index (Phi) is 7.48. The first kappa shape index (κ1) is 20.6. The normalized spacial score (nSPS) is 10.3. The zero-order valence-corrected chi connectivity index (χ0v) is 15.4. The fraction of sp³-hybridized carbons (Fsp3) is 0.211. The van der Waals surface area contributed by atoms with Gasteiger partial charge >= 0.3 is 0 Å². The van der Waals surface area contributed by atoms with Crippen LogP contribution in [0.1, 0.15) is 23.2 Å². The van der Waals surface area contributed by atoms with Gasteiger partial charge in [0, 0.05) is 35.1 Å². The van der Waals surface area contributed by atoms with Crippen LogP contribution in [0.5, 0.6) is 0 Å². The molecule has 2 rings (SSSR count). The number of hydrogen-bond acceptors (Lipinski definition) is 4. The first-order valence-electron chi connectivity index (χ1n) is 8.08. The lowest BCUT2D eigenvalue weighted by atomic mass is 10.1. The van der Waals surface area contributed by atoms with Crippen molar-refractivity contribution in [1.82, 2.24) is 5.32 Å². The van der Waals surface area contributed by atoms with Crippen LogP contribution in [0.3, 0.4) is 0 Å². The van der Waals surface area contributed by atoms with Crippen molar-refractivity contribution in [3.8, 4) is 0 Å². The van der Waals surface area contributed by atoms with Crippen molar-refractivity contribution in [2.75, 3.05) is 18.1 Å². The second-order valence-corrected chi connectivity index (χ2v) is 6.49. The second-order valence-electron chi connectivity index (χ2n) is 5.61. The summed E-state index contributed by atoms with van der Waals surface area (Å²) in [5.74, 6) is -3.31. The van der Waals surface area contributed by atoms with Crippen molar-refractivity contribution in [3.63, 3.8) is 0 Å². The topological polar surface area (TPSA) is 75.3 Å². The standard InChI is InChI=1S/C19H18F2N2O3S/c1-27-14-5-2-12(3-6-14)17(24)8-9-18(25)22-11-19(26)23-13-4-7-15(20)16(21)10-13/h2-7,10H,8-9,11H2,1H3,(H,22,25)(H,23,26). The lowest BCUT2D eigenvalue weighted by molar-refractivity contribution is -0.124. The number of anilines is 1. The molecule has 0 aliphatic rings. The zero-order valence-electron chi connectivity index (χ0n) is 14.6. The number of rotatable bonds is 8. The van der Waals surface area contributed by atoms with Gasteiger partial charge < -0.3 is 10.6 Å². The Balaban J connectivity index is 1.74. The number of ketones is 1. The molecule has 0 atom stereocenters. The average Bonchev–Trinajstić information content (AvgIpc) is 2.67. The van der Waals surface area contributed by atoms with E-state index in [1.165, 1.54) is 6.07 Å². The number of halogens is 2. The molecule has 0 bridgehead atoms. The molecule has 8 heteroatoms. The fourth-order valence-electron chi connectivity index (χ4n) is 2.19. The predicted octanol–water partition coefficient (Wildman–Crippen LogP) is 3.40. The van der Waals surface area contributed by atoms with Crippen LogP contribution in [-0.4, -0.2) is 30.4 Å². The van der Waals surface area contributed by atoms with Gasteiger partial charge in [0.2, 0.25) is 11.8 Å². The Hall–Kier alpha value is -2.74. The maximum absolute atomic E-state index is 13.1. The summed E-state index contributed by atoms with van der Waals surface area (Å²) in [6, 6.07) is 10.0. The third-order valence-corrected chi connectivity index (χ3v) is 4.38. The Labute approximate surface area is 159 Å². The van der Waals surface area contributed by atoms with E-state index in [1.54, 1.807) is 23.9 Å². The summed E-state index contributed by atoms with van der Waals surface area (Å²) in [6.07, 6.45) is 1.90. The summed E-state index contributed by atoms with van der Waals surface area (Å²) in [6.45, 7) is -0.339. The summed E-state index contributed by atoms with van der Waals surface area (Å²) < 4.78 is 25.9. The van der Waals surface area contributed by atoms with Gasteiger partial charge in [-0.3, -0.25) is 14.4 Å². The molecule has 0 heterocycles. The van der Waals surface area contributed by atoms with Gasteiger partial charge in [0.15, 0.2) is 17.4 Å². The molecule has 0 unspecified atom stereocenters. The molecule has 0 saturated heterocycles. The Morgan fingerprint density at radius 3 is 2.26 bits per heavy atom. The molecule has 5 nitrogen and oxygen atoms in total. The molecule has 0 radical (unpaired) electrons. The minimum Gasteiger partial charge on any atom is -0.347 e. The highest BCUT2D eigenvalue weighted by atomic mass is 32.2. The van der Waals surface area contributed by atoms with E-state index in [1.807, 2.05) is 18.4 Å². The highest BCUT2D eigenvalue weighted by Gasteiger charge is 2.11. The molecule has 0 saturated carbocycles. The number of amides is 2. The van der Waals surface area contributed by atoms with Crippen molar-refractivity contribution < 1.29 is 23.2 Å². The van der Waals surface area contributed by atoms with Gasteiger partial charge in [-0.15, -0.1) is 11.8 Å². The van der Waals surface area contributed by atoms with Crippen LogP contribution in [0, 0.1) is 11.6 Å². The molecule has 0 fully saturated rings. The number of nitrogens with one attached hydrogen (secondary N) is 2. The van der Waals surface area contributed by atoms with Gasteiger partial charge in [0.1, 0.15) is 0 Å². The Bertz CT molecular complexity index is 841. The van der Waals surface area contributed by atoms with Crippen LogP contribution >= 0.6 is 11.8 Å². The molecule has 0 aliphatic carbocycles. The molecular formula is C19H18F2N2O3S. The van der Waals surface area contributed by atoms with E-state index in [2.05, 4.69) is 10.6 Å². The molecule has 2 N–H and O–H groups in total. The van der Waals surface area contributed by atoms with Crippen LogP contribution in [0.25, 0.3) is 0 Å². The van der Waals surface area contributed by atoms with Gasteiger partial charge in [-0.1, -0.05) is 12.1 Å². The monoisotopic (exact) mass is 392 g/mol. The highest BCUT2D eigenvalue weighted by molar-refractivity contribution is 7.98. The number of hydrogen-bond donors (Lipinski definition) is 2. The third-order valence-electron chi connectivity index (χ3n) is 3.64. The molecular weight excluding hydrogens is 374 g/mol. The summed E-state index contributed by atoms with van der Waals surface area (Å²) in [5, 5.41) is 4.72. The van der Waals surface area contributed by atoms with Crippen molar-refractivity contribution in [1.29, 1.82) is 0 Å². The smallest absolute Gasteiger partial charge is 0.243 e. The summed E-state index contributed by atoms with van der Waals surface area (Å²) in [7, 11) is 0. The van der Waals surface area contributed by atoms with E-state index in [-0.39, 0.29) is 30.9 Å². The average molecular weight is 392 g/mol. The number of thioether (sulfide) groups is 1. The second kappa shape index (κ2) is 9.82. The predicted molar refractivity (Wildman–Crippen MR) is 99.8 cm³/mol. The molecule has 0 aliphatic heterocycles. The van der Waals surface area contributed by atoms with E-state index < -0.39 is 23.4 Å². The van der Waals surface area contributed by atoms with Crippen LogP contribution in [-0.2, 0) is 9.59 Å². The van der Waals surface area contributed by atoms with E-state index in [9.17, 15) is 23.2 Å². The highest BCUT2D eigenvalue weighted by Crippen LogP contribution is 2.16. The number of Topliss-reactive ketones (excluding diaryl/α,β-unsaturated/α-hetero) is 1. The minimum absolute atomic E-state index is 0.0231. The van der Waals surface area contributed by atoms with Crippen LogP contribution in [0.15, 0.2) is 47.4 Å². The maximum atomic E-state index is 13.1. The molecule has 142 valence electrons. The van der Waals surface area contributed by atoms with E-state index >= 15 is 0 Å². The van der Waals surface area contributed by atoms with Crippen molar-refractivity contribution >= 4 is 35.0 Å². The third kappa shape index (κ3) is 6.49. The largest absolute Gasteiger partial charge is 0.347 e. The minimum atomic E-state index is -1.08. The molecule has 2 aromatic rings. The van der Waals surface area contributed by atoms with Gasteiger partial charge in [0.05, 0.1) is 6.54 Å². The van der Waals surface area contributed by atoms with E-state index in [4.69, 9.17) is 0 Å². The van der Waals surface area contributed by atoms with Crippen molar-refractivity contribution in [3.05, 3.63) is 59.7 Å². The SMILES string of the molecule is CSc1ccc(C(=O)CCC(=O)NCC(=O)Nc2ccc(F)c(F)c2)cc1. The number of carbonyl (C=O) groups is 3. The lowest BCUT2D eigenvalue weighted by Crippen LogP contribution is -2.33. The number of benzene rings is 2. The summed E-state index contributed by atoms with van der Waals surface area (Å²) in [4.78, 5) is 36.6. The Morgan fingerprint density at radius 1 is 0.926 bits per heavy atom. The number of carbonyl (C=O) groups excluding carboxylic acids is 3. The van der Waals surface area contributed by atoms with Crippen LogP contribution in [0.4, 0.5) is 14.5 Å². The zero-order chi connectivity index (χ0) is 19.8. The van der Waals surface area contributed by atoms with Gasteiger partial charge in [-0.2, -0.15) is 0 Å². The van der Waals surface area contributed by atoms with Gasteiger partial charge in [-0.05, 0) is 30.5 Å². The Morgan fingerprint density at radius 2 is 1.63 bits per heavy atom. The molecule has 2 aromatic carbocycles. The quantitative estimate of drug-likeness (QED) is 0.533. The van der Waals surface area contributed by atoms with E-state index in [0.29, 0.717) is 5.56 Å². The first-order chi connectivity index (χ1) is 12.9.